The SMILES string of the molecule is C[CH]C(O)CCCCCC. The van der Waals surface area contributed by atoms with E-state index in [0.29, 0.717) is 0 Å². The van der Waals surface area contributed by atoms with Crippen LogP contribution in [0.1, 0.15) is 46.0 Å². The Labute approximate surface area is 64.5 Å². The molecule has 61 valence electrons. The van der Waals surface area contributed by atoms with E-state index in [9.17, 15) is 0 Å². The van der Waals surface area contributed by atoms with Gasteiger partial charge in [-0.2, -0.15) is 0 Å². The van der Waals surface area contributed by atoms with Crippen molar-refractivity contribution in [3.63, 3.8) is 0 Å². The maximum Gasteiger partial charge on any atom is 0.0569 e. The Hall–Kier alpha value is -0.0400. The monoisotopic (exact) mass is 143 g/mol. The summed E-state index contributed by atoms with van der Waals surface area (Å²) in [6, 6.07) is 0. The second-order valence-corrected chi connectivity index (χ2v) is 2.75. The fraction of sp³-hybridized carbons (Fsp3) is 0.889. The molecule has 1 nitrogen and oxygen atoms in total. The molecule has 0 bridgehead atoms. The van der Waals surface area contributed by atoms with Crippen molar-refractivity contribution in [2.24, 2.45) is 0 Å². The van der Waals surface area contributed by atoms with Crippen molar-refractivity contribution in [2.45, 2.75) is 52.1 Å². The van der Waals surface area contributed by atoms with Gasteiger partial charge in [-0.15, -0.1) is 0 Å². The van der Waals surface area contributed by atoms with Crippen LogP contribution in [0.15, 0.2) is 0 Å². The molecule has 0 aromatic carbocycles. The number of rotatable bonds is 6. The highest BCUT2D eigenvalue weighted by Crippen LogP contribution is 2.06. The first kappa shape index (κ1) is 9.96. The van der Waals surface area contributed by atoms with Crippen LogP contribution in [-0.4, -0.2) is 11.2 Å². The zero-order valence-electron chi connectivity index (χ0n) is 7.14. The van der Waals surface area contributed by atoms with E-state index in [1.165, 1.54) is 25.7 Å². The topological polar surface area (TPSA) is 20.2 Å². The summed E-state index contributed by atoms with van der Waals surface area (Å²) in [5.41, 5.74) is 0. The van der Waals surface area contributed by atoms with Crippen LogP contribution in [0.25, 0.3) is 0 Å². The van der Waals surface area contributed by atoms with E-state index in [0.717, 1.165) is 6.42 Å². The van der Waals surface area contributed by atoms with Crippen molar-refractivity contribution in [3.8, 4) is 0 Å². The van der Waals surface area contributed by atoms with Crippen LogP contribution in [0, 0.1) is 6.42 Å². The minimum absolute atomic E-state index is 0.170. The van der Waals surface area contributed by atoms with E-state index in [-0.39, 0.29) is 6.10 Å². The van der Waals surface area contributed by atoms with E-state index >= 15 is 0 Å². The Morgan fingerprint density at radius 2 is 2.00 bits per heavy atom. The van der Waals surface area contributed by atoms with E-state index in [1.807, 2.05) is 13.3 Å². The van der Waals surface area contributed by atoms with E-state index in [2.05, 4.69) is 6.92 Å². The van der Waals surface area contributed by atoms with Gasteiger partial charge >= 0.3 is 0 Å². The van der Waals surface area contributed by atoms with Crippen LogP contribution in [0.2, 0.25) is 0 Å². The first-order chi connectivity index (χ1) is 4.81. The largest absolute Gasteiger partial charge is 0.393 e. The Balaban J connectivity index is 2.89. The Kier molecular flexibility index (Phi) is 7.04. The molecular formula is C9H19O. The second-order valence-electron chi connectivity index (χ2n) is 2.75. The van der Waals surface area contributed by atoms with Gasteiger partial charge in [0.15, 0.2) is 0 Å². The van der Waals surface area contributed by atoms with Gasteiger partial charge in [0, 0.05) is 0 Å². The zero-order valence-corrected chi connectivity index (χ0v) is 7.14. The molecule has 0 aromatic heterocycles. The summed E-state index contributed by atoms with van der Waals surface area (Å²) in [4.78, 5) is 0. The summed E-state index contributed by atoms with van der Waals surface area (Å²) in [5, 5.41) is 9.10. The fourth-order valence-corrected chi connectivity index (χ4v) is 0.947. The van der Waals surface area contributed by atoms with E-state index < -0.39 is 0 Å². The van der Waals surface area contributed by atoms with Crippen molar-refractivity contribution in [2.75, 3.05) is 0 Å². The summed E-state index contributed by atoms with van der Waals surface area (Å²) in [6.07, 6.45) is 7.63. The molecule has 0 aliphatic carbocycles. The highest BCUT2D eigenvalue weighted by atomic mass is 16.3. The molecule has 1 N–H and O–H groups in total. The molecule has 0 fully saturated rings. The van der Waals surface area contributed by atoms with Crippen LogP contribution < -0.4 is 0 Å². The average Bonchev–Trinajstić information content (AvgIpc) is 1.98. The number of aliphatic hydroxyl groups is 1. The van der Waals surface area contributed by atoms with E-state index in [1.54, 1.807) is 0 Å². The first-order valence-corrected chi connectivity index (χ1v) is 4.28. The summed E-state index contributed by atoms with van der Waals surface area (Å²) in [5.74, 6) is 0. The van der Waals surface area contributed by atoms with Crippen LogP contribution >= 0.6 is 0 Å². The Bertz CT molecular complexity index is 61.7. The van der Waals surface area contributed by atoms with Gasteiger partial charge < -0.3 is 5.11 Å². The maximum atomic E-state index is 9.10. The van der Waals surface area contributed by atoms with Gasteiger partial charge in [-0.25, -0.2) is 0 Å². The molecule has 1 heteroatoms. The van der Waals surface area contributed by atoms with Crippen molar-refractivity contribution in [1.82, 2.24) is 0 Å². The van der Waals surface area contributed by atoms with Gasteiger partial charge in [0.05, 0.1) is 6.10 Å². The molecular weight excluding hydrogens is 124 g/mol. The summed E-state index contributed by atoms with van der Waals surface area (Å²) in [6.45, 7) is 4.10. The third-order valence-electron chi connectivity index (χ3n) is 1.74. The standard InChI is InChI=1S/C9H19O/c1-3-5-6-7-8-9(10)4-2/h4,9-10H,3,5-8H2,1-2H3. The number of unbranched alkanes of at least 4 members (excludes halogenated alkanes) is 3. The number of hydrogen-bond donors (Lipinski definition) is 1. The maximum absolute atomic E-state index is 9.10. The van der Waals surface area contributed by atoms with Crippen molar-refractivity contribution in [3.05, 3.63) is 6.42 Å². The number of aliphatic hydroxyl groups excluding tert-OH is 1. The van der Waals surface area contributed by atoms with E-state index in [4.69, 9.17) is 5.11 Å². The smallest absolute Gasteiger partial charge is 0.0569 e. The third-order valence-corrected chi connectivity index (χ3v) is 1.74. The predicted octanol–water partition coefficient (Wildman–Crippen LogP) is 2.54. The lowest BCUT2D eigenvalue weighted by Gasteiger charge is -2.05. The van der Waals surface area contributed by atoms with Gasteiger partial charge in [0.1, 0.15) is 0 Å². The summed E-state index contributed by atoms with van der Waals surface area (Å²) >= 11 is 0. The molecule has 0 spiro atoms. The van der Waals surface area contributed by atoms with Crippen molar-refractivity contribution < 1.29 is 5.11 Å². The molecule has 1 atom stereocenters. The quantitative estimate of drug-likeness (QED) is 0.566. The Morgan fingerprint density at radius 1 is 1.30 bits per heavy atom. The molecule has 0 aromatic rings. The molecule has 0 heterocycles. The molecule has 1 unspecified atom stereocenters. The van der Waals surface area contributed by atoms with Crippen molar-refractivity contribution >= 4 is 0 Å². The molecule has 0 saturated carbocycles. The molecule has 0 amide bonds. The average molecular weight is 143 g/mol. The summed E-state index contributed by atoms with van der Waals surface area (Å²) < 4.78 is 0. The molecule has 1 radical (unpaired) electrons. The molecule has 0 aliphatic heterocycles. The lowest BCUT2D eigenvalue weighted by atomic mass is 10.1. The Morgan fingerprint density at radius 3 is 2.50 bits per heavy atom. The lowest BCUT2D eigenvalue weighted by molar-refractivity contribution is 0.192. The van der Waals surface area contributed by atoms with Gasteiger partial charge in [0.2, 0.25) is 0 Å². The lowest BCUT2D eigenvalue weighted by Crippen LogP contribution is -2.03. The highest BCUT2D eigenvalue weighted by molar-refractivity contribution is 4.68. The van der Waals surface area contributed by atoms with Gasteiger partial charge in [-0.3, -0.25) is 0 Å². The van der Waals surface area contributed by atoms with Crippen LogP contribution in [0.5, 0.6) is 0 Å². The predicted molar refractivity (Wildman–Crippen MR) is 44.7 cm³/mol. The van der Waals surface area contributed by atoms with Crippen molar-refractivity contribution in [1.29, 1.82) is 0 Å². The van der Waals surface area contributed by atoms with Gasteiger partial charge in [-0.05, 0) is 12.8 Å². The molecule has 0 saturated heterocycles. The van der Waals surface area contributed by atoms with Gasteiger partial charge in [-0.1, -0.05) is 39.5 Å². The van der Waals surface area contributed by atoms with Crippen LogP contribution in [0.4, 0.5) is 0 Å². The number of hydrogen-bond acceptors (Lipinski definition) is 1. The first-order valence-electron chi connectivity index (χ1n) is 4.28. The second kappa shape index (κ2) is 7.07. The zero-order chi connectivity index (χ0) is 7.82. The molecule has 0 aliphatic rings. The molecule has 10 heavy (non-hydrogen) atoms. The van der Waals surface area contributed by atoms with Crippen LogP contribution in [0.3, 0.4) is 0 Å². The normalized spacial score (nSPS) is 13.5. The minimum atomic E-state index is -0.170. The summed E-state index contributed by atoms with van der Waals surface area (Å²) in [7, 11) is 0. The fourth-order valence-electron chi connectivity index (χ4n) is 0.947. The van der Waals surface area contributed by atoms with Crippen LogP contribution in [-0.2, 0) is 0 Å². The minimum Gasteiger partial charge on any atom is -0.393 e. The third kappa shape index (κ3) is 6.09. The highest BCUT2D eigenvalue weighted by Gasteiger charge is 1.98. The molecule has 0 rings (SSSR count). The van der Waals surface area contributed by atoms with Gasteiger partial charge in [0.25, 0.3) is 0 Å².